The van der Waals surface area contributed by atoms with Crippen LogP contribution in [0.3, 0.4) is 0 Å². The first-order valence-corrected chi connectivity index (χ1v) is 11.0. The molecule has 0 bridgehead atoms. The van der Waals surface area contributed by atoms with Crippen molar-refractivity contribution in [3.63, 3.8) is 0 Å². The molecule has 30 heavy (non-hydrogen) atoms. The minimum Gasteiger partial charge on any atom is -0.346 e. The van der Waals surface area contributed by atoms with Crippen LogP contribution in [0, 0.1) is 0 Å². The molecule has 0 aromatic heterocycles. The van der Waals surface area contributed by atoms with Crippen molar-refractivity contribution in [1.29, 1.82) is 0 Å². The second-order valence-corrected chi connectivity index (χ2v) is 8.87. The average Bonchev–Trinajstić information content (AvgIpc) is 2.99. The molecule has 1 aliphatic rings. The van der Waals surface area contributed by atoms with E-state index in [1.807, 2.05) is 25.1 Å². The van der Waals surface area contributed by atoms with E-state index in [9.17, 15) is 13.2 Å². The molecule has 0 saturated carbocycles. The van der Waals surface area contributed by atoms with Gasteiger partial charge in [-0.2, -0.15) is 8.42 Å². The number of nitrogens with zero attached hydrogens (tertiary/aromatic N) is 1. The molecule has 3 aromatic rings. The van der Waals surface area contributed by atoms with Gasteiger partial charge in [-0.05, 0) is 61.0 Å². The Hall–Kier alpha value is -3.16. The first kappa shape index (κ1) is 20.1. The van der Waals surface area contributed by atoms with E-state index in [4.69, 9.17) is 11.6 Å². The number of carbonyl (C=O) groups is 1. The molecule has 0 radical (unpaired) electrons. The molecule has 1 atom stereocenters. The van der Waals surface area contributed by atoms with E-state index in [0.29, 0.717) is 21.8 Å². The largest absolute Gasteiger partial charge is 0.346 e. The van der Waals surface area contributed by atoms with E-state index in [2.05, 4.69) is 15.0 Å². The number of sulfonamides is 1. The van der Waals surface area contributed by atoms with Crippen molar-refractivity contribution in [2.24, 2.45) is 4.40 Å². The second kappa shape index (κ2) is 7.93. The van der Waals surface area contributed by atoms with Crippen molar-refractivity contribution in [2.75, 3.05) is 5.32 Å². The maximum absolute atomic E-state index is 12.6. The molecule has 3 aromatic carbocycles. The molecule has 0 spiro atoms. The fraction of sp³-hybridized carbons (Fsp3) is 0.0909. The maximum atomic E-state index is 12.6. The average molecular weight is 440 g/mol. The Kier molecular flexibility index (Phi) is 5.32. The van der Waals surface area contributed by atoms with Gasteiger partial charge in [0, 0.05) is 21.8 Å². The first-order chi connectivity index (χ1) is 14.3. The lowest BCUT2D eigenvalue weighted by atomic mass is 10.1. The third kappa shape index (κ3) is 4.08. The Morgan fingerprint density at radius 3 is 2.47 bits per heavy atom. The molecular formula is C22H18ClN3O3S. The Morgan fingerprint density at radius 1 is 1.00 bits per heavy atom. The number of nitrogens with one attached hydrogen (secondary N) is 2. The SMILES string of the molecule is CC(NC(=O)c1ccc(NC2=NS(=O)(=O)c3ccccc32)cc1)c1cccc(Cl)c1. The lowest BCUT2D eigenvalue weighted by molar-refractivity contribution is 0.0940. The zero-order chi connectivity index (χ0) is 21.3. The van der Waals surface area contributed by atoms with E-state index in [1.54, 1.807) is 48.5 Å². The van der Waals surface area contributed by atoms with Crippen molar-refractivity contribution in [3.05, 3.63) is 94.5 Å². The molecule has 4 rings (SSSR count). The zero-order valence-corrected chi connectivity index (χ0v) is 17.5. The fourth-order valence-electron chi connectivity index (χ4n) is 3.18. The topological polar surface area (TPSA) is 87.6 Å². The van der Waals surface area contributed by atoms with Crippen LogP contribution < -0.4 is 10.6 Å². The summed E-state index contributed by atoms with van der Waals surface area (Å²) in [5.41, 5.74) is 2.54. The summed E-state index contributed by atoms with van der Waals surface area (Å²) in [6, 6.07) is 20.5. The van der Waals surface area contributed by atoms with Crippen LogP contribution in [0.25, 0.3) is 0 Å². The number of carbonyl (C=O) groups excluding carboxylic acids is 1. The third-order valence-electron chi connectivity index (χ3n) is 4.74. The quantitative estimate of drug-likeness (QED) is 0.631. The van der Waals surface area contributed by atoms with Gasteiger partial charge >= 0.3 is 0 Å². The van der Waals surface area contributed by atoms with E-state index in [-0.39, 0.29) is 22.7 Å². The number of hydrogen-bond donors (Lipinski definition) is 2. The highest BCUT2D eigenvalue weighted by atomic mass is 35.5. The summed E-state index contributed by atoms with van der Waals surface area (Å²) in [4.78, 5) is 12.7. The highest BCUT2D eigenvalue weighted by Gasteiger charge is 2.28. The molecule has 1 unspecified atom stereocenters. The molecule has 2 N–H and O–H groups in total. The van der Waals surface area contributed by atoms with E-state index >= 15 is 0 Å². The number of benzene rings is 3. The molecule has 0 aliphatic carbocycles. The zero-order valence-electron chi connectivity index (χ0n) is 16.0. The van der Waals surface area contributed by atoms with Gasteiger partial charge in [0.1, 0.15) is 4.90 Å². The van der Waals surface area contributed by atoms with Crippen LogP contribution in [-0.4, -0.2) is 20.2 Å². The van der Waals surface area contributed by atoms with Crippen LogP contribution >= 0.6 is 11.6 Å². The summed E-state index contributed by atoms with van der Waals surface area (Å²) < 4.78 is 28.1. The standard InChI is InChI=1S/C22H18ClN3O3S/c1-14(16-5-4-6-17(23)13-16)24-22(27)15-9-11-18(12-10-15)25-21-19-7-2-3-8-20(19)30(28,29)26-21/h2-14H,1H3,(H,24,27)(H,25,26). The van der Waals surface area contributed by atoms with Gasteiger partial charge in [0.05, 0.1) is 6.04 Å². The summed E-state index contributed by atoms with van der Waals surface area (Å²) in [6.45, 7) is 1.88. The highest BCUT2D eigenvalue weighted by Crippen LogP contribution is 2.26. The molecule has 0 fully saturated rings. The van der Waals surface area contributed by atoms with Crippen molar-refractivity contribution in [3.8, 4) is 0 Å². The number of halogens is 1. The Bertz CT molecular complexity index is 1250. The van der Waals surface area contributed by atoms with Gasteiger partial charge in [0.2, 0.25) is 0 Å². The Morgan fingerprint density at radius 2 is 1.73 bits per heavy atom. The second-order valence-electron chi connectivity index (χ2n) is 6.86. The van der Waals surface area contributed by atoms with Gasteiger partial charge in [-0.3, -0.25) is 4.79 Å². The number of anilines is 1. The monoisotopic (exact) mass is 439 g/mol. The van der Waals surface area contributed by atoms with Gasteiger partial charge < -0.3 is 10.6 Å². The molecule has 6 nitrogen and oxygen atoms in total. The van der Waals surface area contributed by atoms with Crippen LogP contribution in [0.4, 0.5) is 5.69 Å². The first-order valence-electron chi connectivity index (χ1n) is 9.21. The van der Waals surface area contributed by atoms with Crippen molar-refractivity contribution < 1.29 is 13.2 Å². The van der Waals surface area contributed by atoms with Gasteiger partial charge in [-0.1, -0.05) is 35.9 Å². The number of hydrogen-bond acceptors (Lipinski definition) is 4. The van der Waals surface area contributed by atoms with Gasteiger partial charge in [0.25, 0.3) is 15.9 Å². The van der Waals surface area contributed by atoms with Crippen LogP contribution in [-0.2, 0) is 10.0 Å². The predicted molar refractivity (Wildman–Crippen MR) is 118 cm³/mol. The predicted octanol–water partition coefficient (Wildman–Crippen LogP) is 4.39. The van der Waals surface area contributed by atoms with E-state index < -0.39 is 10.0 Å². The number of fused-ring (bicyclic) bond motifs is 1. The van der Waals surface area contributed by atoms with Gasteiger partial charge in [-0.25, -0.2) is 0 Å². The third-order valence-corrected chi connectivity index (χ3v) is 6.31. The van der Waals surface area contributed by atoms with Crippen LogP contribution in [0.15, 0.2) is 82.1 Å². The molecule has 1 aliphatic heterocycles. The molecule has 0 saturated heterocycles. The number of rotatable bonds is 4. The minimum atomic E-state index is -3.69. The van der Waals surface area contributed by atoms with Gasteiger partial charge in [-0.15, -0.1) is 4.40 Å². The van der Waals surface area contributed by atoms with Crippen LogP contribution in [0.5, 0.6) is 0 Å². The summed E-state index contributed by atoms with van der Waals surface area (Å²) in [6.07, 6.45) is 0. The van der Waals surface area contributed by atoms with Crippen LogP contribution in [0.1, 0.15) is 34.5 Å². The summed E-state index contributed by atoms with van der Waals surface area (Å²) >= 11 is 6.01. The molecule has 152 valence electrons. The molecule has 1 amide bonds. The summed E-state index contributed by atoms with van der Waals surface area (Å²) in [5.74, 6) is 0.0394. The van der Waals surface area contributed by atoms with Crippen molar-refractivity contribution in [1.82, 2.24) is 5.32 Å². The van der Waals surface area contributed by atoms with Crippen LogP contribution in [0.2, 0.25) is 5.02 Å². The maximum Gasteiger partial charge on any atom is 0.285 e. The Balaban J connectivity index is 1.47. The molecule has 1 heterocycles. The smallest absolute Gasteiger partial charge is 0.285 e. The van der Waals surface area contributed by atoms with Crippen molar-refractivity contribution in [2.45, 2.75) is 17.9 Å². The summed E-state index contributed by atoms with van der Waals surface area (Å²) in [7, 11) is -3.69. The lowest BCUT2D eigenvalue weighted by Gasteiger charge is -2.15. The number of amidine groups is 1. The number of amides is 1. The lowest BCUT2D eigenvalue weighted by Crippen LogP contribution is -2.26. The van der Waals surface area contributed by atoms with E-state index in [1.165, 1.54) is 6.07 Å². The Labute approximate surface area is 179 Å². The van der Waals surface area contributed by atoms with Crippen molar-refractivity contribution >= 4 is 39.1 Å². The van der Waals surface area contributed by atoms with E-state index in [0.717, 1.165) is 5.56 Å². The fourth-order valence-corrected chi connectivity index (χ4v) is 4.55. The molecule has 8 heteroatoms. The summed E-state index contributed by atoms with van der Waals surface area (Å²) in [5, 5.41) is 6.56. The van der Waals surface area contributed by atoms with Gasteiger partial charge in [0.15, 0.2) is 5.84 Å². The molecular weight excluding hydrogens is 422 g/mol. The highest BCUT2D eigenvalue weighted by molar-refractivity contribution is 7.90. The minimum absolute atomic E-state index is 0.179. The normalized spacial score (nSPS) is 15.1.